The molecule has 1 aromatic carbocycles. The molecule has 100 valence electrons. The first-order valence-corrected chi connectivity index (χ1v) is 7.23. The van der Waals surface area contributed by atoms with Crippen molar-refractivity contribution >= 4 is 0 Å². The van der Waals surface area contributed by atoms with Gasteiger partial charge in [-0.2, -0.15) is 0 Å². The third-order valence-corrected chi connectivity index (χ3v) is 4.07. The Morgan fingerprint density at radius 3 is 2.72 bits per heavy atom. The predicted molar refractivity (Wildman–Crippen MR) is 75.7 cm³/mol. The molecule has 2 rings (SSSR count). The van der Waals surface area contributed by atoms with Crippen molar-refractivity contribution in [1.29, 1.82) is 0 Å². The Morgan fingerprint density at radius 2 is 2.00 bits per heavy atom. The third kappa shape index (κ3) is 3.05. The summed E-state index contributed by atoms with van der Waals surface area (Å²) in [4.78, 5) is 0. The van der Waals surface area contributed by atoms with Crippen LogP contribution < -0.4 is 10.5 Å². The normalized spacial score (nSPS) is 25.7. The van der Waals surface area contributed by atoms with E-state index in [0.717, 1.165) is 17.7 Å². The van der Waals surface area contributed by atoms with E-state index in [4.69, 9.17) is 10.5 Å². The van der Waals surface area contributed by atoms with Crippen LogP contribution in [0, 0.1) is 5.92 Å². The fraction of sp³-hybridized carbons (Fsp3) is 0.625. The Hall–Kier alpha value is -1.02. The van der Waals surface area contributed by atoms with Gasteiger partial charge in [0, 0.05) is 11.6 Å². The average Bonchev–Trinajstić information content (AvgIpc) is 2.41. The molecule has 2 nitrogen and oxygen atoms in total. The van der Waals surface area contributed by atoms with Gasteiger partial charge in [-0.25, -0.2) is 0 Å². The first-order valence-electron chi connectivity index (χ1n) is 7.23. The Kier molecular flexibility index (Phi) is 4.65. The summed E-state index contributed by atoms with van der Waals surface area (Å²) in [5.41, 5.74) is 7.31. The van der Waals surface area contributed by atoms with Crippen LogP contribution in [-0.4, -0.2) is 6.10 Å². The molecule has 2 N–H and O–H groups in total. The Bertz CT molecular complexity index is 377. The first kappa shape index (κ1) is 13.4. The lowest BCUT2D eigenvalue weighted by molar-refractivity contribution is 0.101. The molecule has 1 fully saturated rings. The largest absolute Gasteiger partial charge is 0.490 e. The van der Waals surface area contributed by atoms with Gasteiger partial charge in [0.15, 0.2) is 0 Å². The minimum Gasteiger partial charge on any atom is -0.490 e. The van der Waals surface area contributed by atoms with Crippen LogP contribution in [0.15, 0.2) is 24.3 Å². The Labute approximate surface area is 111 Å². The van der Waals surface area contributed by atoms with Crippen molar-refractivity contribution in [3.05, 3.63) is 29.8 Å². The maximum atomic E-state index is 6.24. The van der Waals surface area contributed by atoms with E-state index in [9.17, 15) is 0 Å². The zero-order chi connectivity index (χ0) is 13.0. The molecule has 0 spiro atoms. The molecule has 2 heteroatoms. The minimum absolute atomic E-state index is 0.0834. The van der Waals surface area contributed by atoms with E-state index in [1.54, 1.807) is 0 Å². The summed E-state index contributed by atoms with van der Waals surface area (Å²) >= 11 is 0. The molecule has 0 aliphatic heterocycles. The highest BCUT2D eigenvalue weighted by atomic mass is 16.5. The SMILES string of the molecule is CCC(N)c1ccccc1OC1CCCCC1C. The van der Waals surface area contributed by atoms with Crippen LogP contribution in [0.5, 0.6) is 5.75 Å². The summed E-state index contributed by atoms with van der Waals surface area (Å²) in [6.07, 6.45) is 6.40. The van der Waals surface area contributed by atoms with Crippen molar-refractivity contribution in [2.24, 2.45) is 11.7 Å². The fourth-order valence-electron chi connectivity index (χ4n) is 2.73. The number of benzene rings is 1. The van der Waals surface area contributed by atoms with Crippen molar-refractivity contribution in [3.63, 3.8) is 0 Å². The molecule has 0 heterocycles. The highest BCUT2D eigenvalue weighted by molar-refractivity contribution is 5.35. The highest BCUT2D eigenvalue weighted by Crippen LogP contribution is 2.31. The van der Waals surface area contributed by atoms with Crippen molar-refractivity contribution in [2.45, 2.75) is 58.1 Å². The summed E-state index contributed by atoms with van der Waals surface area (Å²) in [6.45, 7) is 4.41. The van der Waals surface area contributed by atoms with Crippen molar-refractivity contribution in [2.75, 3.05) is 0 Å². The van der Waals surface area contributed by atoms with Crippen molar-refractivity contribution in [1.82, 2.24) is 0 Å². The number of ether oxygens (including phenoxy) is 1. The van der Waals surface area contributed by atoms with Gasteiger partial charge >= 0.3 is 0 Å². The summed E-state index contributed by atoms with van der Waals surface area (Å²) in [7, 11) is 0. The zero-order valence-electron chi connectivity index (χ0n) is 11.6. The fourth-order valence-corrected chi connectivity index (χ4v) is 2.73. The molecule has 1 aliphatic carbocycles. The maximum Gasteiger partial charge on any atom is 0.124 e. The first-order chi connectivity index (χ1) is 8.72. The van der Waals surface area contributed by atoms with Gasteiger partial charge in [0.05, 0.1) is 0 Å². The Morgan fingerprint density at radius 1 is 1.28 bits per heavy atom. The number of rotatable bonds is 4. The van der Waals surface area contributed by atoms with Gasteiger partial charge in [-0.15, -0.1) is 0 Å². The summed E-state index contributed by atoms with van der Waals surface area (Å²) in [5.74, 6) is 1.65. The minimum atomic E-state index is 0.0834. The van der Waals surface area contributed by atoms with Gasteiger partial charge in [-0.1, -0.05) is 38.5 Å². The molecule has 0 bridgehead atoms. The quantitative estimate of drug-likeness (QED) is 0.871. The van der Waals surface area contributed by atoms with Crippen LogP contribution in [0.1, 0.15) is 57.6 Å². The molecule has 0 amide bonds. The molecular weight excluding hydrogens is 222 g/mol. The third-order valence-electron chi connectivity index (χ3n) is 4.07. The Balaban J connectivity index is 2.12. The number of nitrogens with two attached hydrogens (primary N) is 1. The van der Waals surface area contributed by atoms with Crippen LogP contribution in [0.25, 0.3) is 0 Å². The average molecular weight is 247 g/mol. The van der Waals surface area contributed by atoms with Crippen LogP contribution in [0.4, 0.5) is 0 Å². The number of para-hydroxylation sites is 1. The molecule has 3 unspecified atom stereocenters. The van der Waals surface area contributed by atoms with E-state index >= 15 is 0 Å². The van der Waals surface area contributed by atoms with Gasteiger partial charge in [-0.05, 0) is 37.7 Å². The summed E-state index contributed by atoms with van der Waals surface area (Å²) in [5, 5.41) is 0. The smallest absolute Gasteiger partial charge is 0.124 e. The molecule has 1 aliphatic rings. The van der Waals surface area contributed by atoms with E-state index in [2.05, 4.69) is 26.0 Å². The topological polar surface area (TPSA) is 35.2 Å². The number of hydrogen-bond donors (Lipinski definition) is 1. The van der Waals surface area contributed by atoms with E-state index in [1.807, 2.05) is 12.1 Å². The van der Waals surface area contributed by atoms with E-state index in [1.165, 1.54) is 25.7 Å². The van der Waals surface area contributed by atoms with Crippen molar-refractivity contribution < 1.29 is 4.74 Å². The monoisotopic (exact) mass is 247 g/mol. The maximum absolute atomic E-state index is 6.24. The number of hydrogen-bond acceptors (Lipinski definition) is 2. The van der Waals surface area contributed by atoms with Gasteiger partial charge < -0.3 is 10.5 Å². The van der Waals surface area contributed by atoms with Crippen LogP contribution in [-0.2, 0) is 0 Å². The van der Waals surface area contributed by atoms with Gasteiger partial charge in [0.1, 0.15) is 11.9 Å². The van der Waals surface area contributed by atoms with Crippen LogP contribution in [0.3, 0.4) is 0 Å². The summed E-state index contributed by atoms with van der Waals surface area (Å²) in [6, 6.07) is 8.32. The van der Waals surface area contributed by atoms with Crippen LogP contribution >= 0.6 is 0 Å². The van der Waals surface area contributed by atoms with E-state index < -0.39 is 0 Å². The second kappa shape index (κ2) is 6.24. The lowest BCUT2D eigenvalue weighted by Gasteiger charge is -2.30. The second-order valence-corrected chi connectivity index (χ2v) is 5.47. The molecule has 3 atom stereocenters. The lowest BCUT2D eigenvalue weighted by atomic mass is 9.88. The van der Waals surface area contributed by atoms with Gasteiger partial charge in [0.2, 0.25) is 0 Å². The molecule has 1 saturated carbocycles. The molecule has 1 aromatic rings. The lowest BCUT2D eigenvalue weighted by Crippen LogP contribution is -2.29. The van der Waals surface area contributed by atoms with E-state index in [0.29, 0.717) is 12.0 Å². The predicted octanol–water partition coefficient (Wildman–Crippen LogP) is 4.05. The standard InChI is InChI=1S/C16H25NO/c1-3-14(17)13-9-5-7-11-16(13)18-15-10-6-4-8-12(15)2/h5,7,9,11-12,14-15H,3-4,6,8,10,17H2,1-2H3. The molecule has 18 heavy (non-hydrogen) atoms. The van der Waals surface area contributed by atoms with Gasteiger partial charge in [-0.3, -0.25) is 0 Å². The second-order valence-electron chi connectivity index (χ2n) is 5.47. The van der Waals surface area contributed by atoms with Gasteiger partial charge in [0.25, 0.3) is 0 Å². The molecule has 0 radical (unpaired) electrons. The zero-order valence-corrected chi connectivity index (χ0v) is 11.6. The molecule has 0 saturated heterocycles. The molecular formula is C16H25NO. The van der Waals surface area contributed by atoms with E-state index in [-0.39, 0.29) is 6.04 Å². The van der Waals surface area contributed by atoms with Crippen LogP contribution in [0.2, 0.25) is 0 Å². The van der Waals surface area contributed by atoms with Crippen molar-refractivity contribution in [3.8, 4) is 5.75 Å². The molecule has 0 aromatic heterocycles. The summed E-state index contributed by atoms with van der Waals surface area (Å²) < 4.78 is 6.24. The highest BCUT2D eigenvalue weighted by Gasteiger charge is 2.24.